The number of anilines is 1. The van der Waals surface area contributed by atoms with Crippen LogP contribution in [0.1, 0.15) is 23.7 Å². The van der Waals surface area contributed by atoms with Crippen LogP contribution in [0.25, 0.3) is 0 Å². The molecule has 0 spiro atoms. The third-order valence-electron chi connectivity index (χ3n) is 2.70. The first-order valence-corrected chi connectivity index (χ1v) is 6.76. The number of benzene rings is 1. The second-order valence-electron chi connectivity index (χ2n) is 3.98. The van der Waals surface area contributed by atoms with Gasteiger partial charge in [-0.05, 0) is 18.1 Å². The molecule has 0 atom stereocenters. The first kappa shape index (κ1) is 13.0. The van der Waals surface area contributed by atoms with Gasteiger partial charge in [0.1, 0.15) is 5.82 Å². The van der Waals surface area contributed by atoms with Crippen molar-refractivity contribution in [3.05, 3.63) is 46.2 Å². The summed E-state index contributed by atoms with van der Waals surface area (Å²) in [6.45, 7) is 2.86. The van der Waals surface area contributed by atoms with Gasteiger partial charge in [0, 0.05) is 24.0 Å². The molecule has 0 aliphatic heterocycles. The number of hydrogen-bond donors (Lipinski definition) is 2. The molecule has 0 saturated heterocycles. The quantitative estimate of drug-likeness (QED) is 0.874. The first-order valence-electron chi connectivity index (χ1n) is 5.88. The van der Waals surface area contributed by atoms with Crippen LogP contribution >= 0.6 is 11.3 Å². The number of nitrogens with one attached hydrogen (secondary N) is 1. The molecule has 3 N–H and O–H groups in total. The lowest BCUT2D eigenvalue weighted by Gasteiger charge is -2.06. The Labute approximate surface area is 110 Å². The molecular weight excluding hydrogens is 249 g/mol. The fraction of sp³-hybridized carbons (Fsp3) is 0.308. The summed E-state index contributed by atoms with van der Waals surface area (Å²) >= 11 is 1.54. The van der Waals surface area contributed by atoms with Crippen molar-refractivity contribution in [1.29, 1.82) is 0 Å². The van der Waals surface area contributed by atoms with Gasteiger partial charge in [0.15, 0.2) is 5.13 Å². The summed E-state index contributed by atoms with van der Waals surface area (Å²) in [6, 6.07) is 5.09. The molecule has 18 heavy (non-hydrogen) atoms. The molecule has 0 unspecified atom stereocenters. The third kappa shape index (κ3) is 3.05. The maximum atomic E-state index is 13.7. The van der Waals surface area contributed by atoms with E-state index >= 15 is 0 Å². The van der Waals surface area contributed by atoms with Crippen LogP contribution in [0.5, 0.6) is 0 Å². The van der Waals surface area contributed by atoms with Gasteiger partial charge in [0.2, 0.25) is 0 Å². The van der Waals surface area contributed by atoms with E-state index in [1.54, 1.807) is 17.4 Å². The minimum Gasteiger partial charge on any atom is -0.357 e. The number of nitrogens with two attached hydrogens (primary N) is 1. The highest BCUT2D eigenvalue weighted by molar-refractivity contribution is 7.13. The van der Waals surface area contributed by atoms with Crippen LogP contribution in [0.15, 0.2) is 23.6 Å². The van der Waals surface area contributed by atoms with Crippen LogP contribution in [0.2, 0.25) is 0 Å². The second kappa shape index (κ2) is 5.93. The highest BCUT2D eigenvalue weighted by Gasteiger charge is 2.05. The van der Waals surface area contributed by atoms with Crippen LogP contribution < -0.4 is 11.1 Å². The smallest absolute Gasteiger partial charge is 0.183 e. The number of aryl methyl sites for hydroxylation is 1. The SMILES string of the molecule is CCc1csc(NCc2ccc(CN)cc2F)n1. The van der Waals surface area contributed by atoms with Crippen LogP contribution in [-0.4, -0.2) is 4.98 Å². The Hall–Kier alpha value is -1.46. The van der Waals surface area contributed by atoms with Crippen LogP contribution in [-0.2, 0) is 19.5 Å². The second-order valence-corrected chi connectivity index (χ2v) is 4.84. The van der Waals surface area contributed by atoms with Gasteiger partial charge in [-0.25, -0.2) is 9.37 Å². The Balaban J connectivity index is 2.01. The summed E-state index contributed by atoms with van der Waals surface area (Å²) in [5.41, 5.74) is 7.95. The van der Waals surface area contributed by atoms with E-state index < -0.39 is 0 Å². The minimum absolute atomic E-state index is 0.224. The number of nitrogens with zero attached hydrogens (tertiary/aromatic N) is 1. The van der Waals surface area contributed by atoms with E-state index in [9.17, 15) is 4.39 Å². The normalized spacial score (nSPS) is 10.6. The molecule has 0 aliphatic carbocycles. The Morgan fingerprint density at radius 3 is 2.89 bits per heavy atom. The van der Waals surface area contributed by atoms with Gasteiger partial charge in [-0.2, -0.15) is 0 Å². The van der Waals surface area contributed by atoms with Gasteiger partial charge < -0.3 is 11.1 Å². The molecule has 0 saturated carbocycles. The zero-order valence-corrected chi connectivity index (χ0v) is 11.1. The standard InChI is InChI=1S/C13H16FN3S/c1-2-11-8-18-13(17-11)16-7-10-4-3-9(6-15)5-12(10)14/h3-5,8H,2,6-7,15H2,1H3,(H,16,17). The van der Waals surface area contributed by atoms with Crippen molar-refractivity contribution in [3.63, 3.8) is 0 Å². The average molecular weight is 265 g/mol. The Bertz CT molecular complexity index is 525. The van der Waals surface area contributed by atoms with Crippen molar-refractivity contribution in [2.75, 3.05) is 5.32 Å². The predicted octanol–water partition coefficient (Wildman–Crippen LogP) is 2.92. The lowest BCUT2D eigenvalue weighted by atomic mass is 10.1. The van der Waals surface area contributed by atoms with Crippen molar-refractivity contribution < 1.29 is 4.39 Å². The molecule has 0 radical (unpaired) electrons. The van der Waals surface area contributed by atoms with Crippen molar-refractivity contribution >= 4 is 16.5 Å². The van der Waals surface area contributed by atoms with Gasteiger partial charge in [-0.15, -0.1) is 11.3 Å². The highest BCUT2D eigenvalue weighted by Crippen LogP contribution is 2.18. The van der Waals surface area contributed by atoms with E-state index in [0.717, 1.165) is 22.8 Å². The average Bonchev–Trinajstić information content (AvgIpc) is 2.85. The molecule has 3 nitrogen and oxygen atoms in total. The molecule has 0 fully saturated rings. The summed E-state index contributed by atoms with van der Waals surface area (Å²) in [4.78, 5) is 4.37. The largest absolute Gasteiger partial charge is 0.357 e. The number of halogens is 1. The highest BCUT2D eigenvalue weighted by atomic mass is 32.1. The molecule has 0 aliphatic rings. The molecule has 2 rings (SSSR count). The summed E-state index contributed by atoms with van der Waals surface area (Å²) in [5, 5.41) is 5.97. The first-order chi connectivity index (χ1) is 8.72. The summed E-state index contributed by atoms with van der Waals surface area (Å²) in [6.07, 6.45) is 0.914. The van der Waals surface area contributed by atoms with Crippen molar-refractivity contribution in [2.24, 2.45) is 5.73 Å². The van der Waals surface area contributed by atoms with Gasteiger partial charge in [0.05, 0.1) is 5.69 Å². The van der Waals surface area contributed by atoms with Gasteiger partial charge in [-0.3, -0.25) is 0 Å². The van der Waals surface area contributed by atoms with Crippen LogP contribution in [0.4, 0.5) is 9.52 Å². The lowest BCUT2D eigenvalue weighted by molar-refractivity contribution is 0.610. The fourth-order valence-electron chi connectivity index (χ4n) is 1.58. The van der Waals surface area contributed by atoms with Crippen LogP contribution in [0.3, 0.4) is 0 Å². The topological polar surface area (TPSA) is 50.9 Å². The van der Waals surface area contributed by atoms with E-state index in [4.69, 9.17) is 5.73 Å². The predicted molar refractivity (Wildman–Crippen MR) is 73.1 cm³/mol. The number of aromatic nitrogens is 1. The van der Waals surface area contributed by atoms with E-state index in [2.05, 4.69) is 17.2 Å². The maximum Gasteiger partial charge on any atom is 0.183 e. The number of rotatable bonds is 5. The molecule has 2 aromatic rings. The number of hydrogen-bond acceptors (Lipinski definition) is 4. The third-order valence-corrected chi connectivity index (χ3v) is 3.55. The Morgan fingerprint density at radius 1 is 1.44 bits per heavy atom. The minimum atomic E-state index is -0.224. The number of thiazole rings is 1. The molecule has 1 aromatic carbocycles. The molecule has 0 amide bonds. The molecule has 1 aromatic heterocycles. The van der Waals surface area contributed by atoms with E-state index in [1.165, 1.54) is 6.07 Å². The van der Waals surface area contributed by atoms with E-state index in [-0.39, 0.29) is 5.82 Å². The van der Waals surface area contributed by atoms with Gasteiger partial charge >= 0.3 is 0 Å². The van der Waals surface area contributed by atoms with Crippen LogP contribution in [0, 0.1) is 5.82 Å². The van der Waals surface area contributed by atoms with Crippen molar-refractivity contribution in [2.45, 2.75) is 26.4 Å². The van der Waals surface area contributed by atoms with E-state index in [1.807, 2.05) is 11.4 Å². The van der Waals surface area contributed by atoms with E-state index in [0.29, 0.717) is 18.7 Å². The summed E-state index contributed by atoms with van der Waals surface area (Å²) in [7, 11) is 0. The monoisotopic (exact) mass is 265 g/mol. The Morgan fingerprint density at radius 2 is 2.28 bits per heavy atom. The van der Waals surface area contributed by atoms with Gasteiger partial charge in [0.25, 0.3) is 0 Å². The molecular formula is C13H16FN3S. The summed E-state index contributed by atoms with van der Waals surface area (Å²) in [5.74, 6) is -0.224. The molecule has 1 heterocycles. The molecule has 0 bridgehead atoms. The lowest BCUT2D eigenvalue weighted by Crippen LogP contribution is -2.04. The zero-order chi connectivity index (χ0) is 13.0. The van der Waals surface area contributed by atoms with Gasteiger partial charge in [-0.1, -0.05) is 19.1 Å². The maximum absolute atomic E-state index is 13.7. The summed E-state index contributed by atoms with van der Waals surface area (Å²) < 4.78 is 13.7. The van der Waals surface area contributed by atoms with Crippen molar-refractivity contribution in [1.82, 2.24) is 4.98 Å². The zero-order valence-electron chi connectivity index (χ0n) is 10.2. The Kier molecular flexibility index (Phi) is 4.28. The molecule has 96 valence electrons. The van der Waals surface area contributed by atoms with Crippen molar-refractivity contribution in [3.8, 4) is 0 Å². The fourth-order valence-corrected chi connectivity index (χ4v) is 2.38. The molecule has 5 heteroatoms.